The van der Waals surface area contributed by atoms with Crippen LogP contribution in [0.2, 0.25) is 0 Å². The van der Waals surface area contributed by atoms with Crippen molar-refractivity contribution in [3.8, 4) is 0 Å². The van der Waals surface area contributed by atoms with Gasteiger partial charge in [0.25, 0.3) is 0 Å². The highest BCUT2D eigenvalue weighted by Crippen LogP contribution is 2.58. The molecule has 0 amide bonds. The van der Waals surface area contributed by atoms with Gasteiger partial charge in [-0.15, -0.1) is 0 Å². The van der Waals surface area contributed by atoms with E-state index < -0.39 is 29.5 Å². The second-order valence-corrected chi connectivity index (χ2v) is 5.18. The first-order valence-electron chi connectivity index (χ1n) is 5.61. The van der Waals surface area contributed by atoms with Crippen LogP contribution in [0, 0.1) is 6.07 Å². The van der Waals surface area contributed by atoms with Crippen molar-refractivity contribution in [2.24, 2.45) is 0 Å². The third kappa shape index (κ3) is 2.93. The van der Waals surface area contributed by atoms with E-state index in [1.807, 2.05) is 0 Å². The highest BCUT2D eigenvalue weighted by Gasteiger charge is 2.81. The summed E-state index contributed by atoms with van der Waals surface area (Å²) in [7, 11) is 0. The van der Waals surface area contributed by atoms with E-state index in [0.29, 0.717) is 0 Å². The second-order valence-electron chi connectivity index (χ2n) is 4.32. The van der Waals surface area contributed by atoms with Crippen LogP contribution in [0.1, 0.15) is 18.1 Å². The van der Waals surface area contributed by atoms with E-state index in [0.717, 1.165) is 0 Å². The zero-order valence-corrected chi connectivity index (χ0v) is 12.2. The molecule has 0 saturated heterocycles. The Morgan fingerprint density at radius 3 is 1.77 bits per heavy atom. The minimum Gasteiger partial charge on any atom is -0.221 e. The third-order valence-corrected chi connectivity index (χ3v) is 3.28. The van der Waals surface area contributed by atoms with E-state index >= 15 is 0 Å². The average Bonchev–Trinajstić information content (AvgIpc) is 2.33. The number of hydrogen-bond donors (Lipinski definition) is 0. The summed E-state index contributed by atoms with van der Waals surface area (Å²) in [6, 6.07) is 2.86. The Morgan fingerprint density at radius 1 is 0.909 bits per heavy atom. The lowest BCUT2D eigenvalue weighted by atomic mass is 9.86. The van der Waals surface area contributed by atoms with Gasteiger partial charge in [0.2, 0.25) is 0 Å². The SMILES string of the molecule is CCc1[c]c(Br)cc(C(F)(C(F)(F)F)C(F)(F)C(F)(F)F)c1. The van der Waals surface area contributed by atoms with E-state index in [2.05, 4.69) is 22.0 Å². The molecule has 22 heavy (non-hydrogen) atoms. The summed E-state index contributed by atoms with van der Waals surface area (Å²) >= 11 is 2.61. The minimum atomic E-state index is -6.73. The third-order valence-electron chi connectivity index (χ3n) is 2.85. The summed E-state index contributed by atoms with van der Waals surface area (Å²) in [6.07, 6.45) is -13.3. The monoisotopic (exact) mass is 401 g/mol. The number of halogens is 10. The van der Waals surface area contributed by atoms with Crippen LogP contribution in [0.15, 0.2) is 16.6 Å². The first kappa shape index (κ1) is 19.1. The molecule has 0 aliphatic heterocycles. The van der Waals surface area contributed by atoms with Crippen molar-refractivity contribution in [2.75, 3.05) is 0 Å². The van der Waals surface area contributed by atoms with Crippen molar-refractivity contribution in [1.29, 1.82) is 0 Å². The molecule has 0 bridgehead atoms. The Bertz CT molecular complexity index is 547. The molecule has 0 spiro atoms. The molecular formula is C12H7BrF9. The van der Waals surface area contributed by atoms with Gasteiger partial charge < -0.3 is 0 Å². The fourth-order valence-electron chi connectivity index (χ4n) is 1.70. The van der Waals surface area contributed by atoms with Crippen LogP contribution in [0.4, 0.5) is 39.5 Å². The summed E-state index contributed by atoms with van der Waals surface area (Å²) in [6.45, 7) is 1.39. The first-order valence-corrected chi connectivity index (χ1v) is 6.40. The van der Waals surface area contributed by atoms with Crippen molar-refractivity contribution in [3.05, 3.63) is 33.8 Å². The Hall–Kier alpha value is -0.930. The molecule has 1 radical (unpaired) electrons. The molecule has 1 rings (SSSR count). The molecule has 0 aliphatic rings. The molecular weight excluding hydrogens is 395 g/mol. The van der Waals surface area contributed by atoms with Gasteiger partial charge in [0.15, 0.2) is 0 Å². The summed E-state index contributed by atoms with van der Waals surface area (Å²) in [5.74, 6) is -6.66. The van der Waals surface area contributed by atoms with E-state index in [-0.39, 0.29) is 28.6 Å². The fourth-order valence-corrected chi connectivity index (χ4v) is 2.20. The van der Waals surface area contributed by atoms with Crippen LogP contribution in [-0.4, -0.2) is 18.3 Å². The van der Waals surface area contributed by atoms with Gasteiger partial charge in [0, 0.05) is 16.1 Å². The highest BCUT2D eigenvalue weighted by molar-refractivity contribution is 9.10. The van der Waals surface area contributed by atoms with Gasteiger partial charge in [-0.1, -0.05) is 28.9 Å². The molecule has 0 nitrogen and oxygen atoms in total. The van der Waals surface area contributed by atoms with E-state index in [1.165, 1.54) is 6.92 Å². The molecule has 0 saturated carbocycles. The predicted molar refractivity (Wildman–Crippen MR) is 62.2 cm³/mol. The summed E-state index contributed by atoms with van der Waals surface area (Å²) < 4.78 is 116. The average molecular weight is 402 g/mol. The molecule has 1 aromatic rings. The van der Waals surface area contributed by atoms with Crippen LogP contribution < -0.4 is 0 Å². The molecule has 0 fully saturated rings. The molecule has 0 heterocycles. The van der Waals surface area contributed by atoms with Crippen LogP contribution in [0.3, 0.4) is 0 Å². The Balaban J connectivity index is 3.73. The molecule has 10 heteroatoms. The molecule has 1 unspecified atom stereocenters. The molecule has 0 aromatic heterocycles. The van der Waals surface area contributed by atoms with Crippen molar-refractivity contribution in [1.82, 2.24) is 0 Å². The van der Waals surface area contributed by atoms with Gasteiger partial charge in [-0.2, -0.15) is 35.1 Å². The van der Waals surface area contributed by atoms with Gasteiger partial charge >= 0.3 is 23.9 Å². The van der Waals surface area contributed by atoms with Gasteiger partial charge in [-0.3, -0.25) is 0 Å². The molecule has 1 aromatic carbocycles. The highest BCUT2D eigenvalue weighted by atomic mass is 79.9. The summed E-state index contributed by atoms with van der Waals surface area (Å²) in [4.78, 5) is 0. The molecule has 125 valence electrons. The van der Waals surface area contributed by atoms with Gasteiger partial charge in [-0.25, -0.2) is 4.39 Å². The standard InChI is InChI=1S/C12H7BrF9/c1-2-6-3-7(5-8(13)4-6)9(14,11(17,18)19)10(15,16)12(20,21)22/h3,5H,2H2,1H3. The minimum absolute atomic E-state index is 0.0437. The Morgan fingerprint density at radius 2 is 1.41 bits per heavy atom. The number of alkyl halides is 9. The fraction of sp³-hybridized carbons (Fsp3) is 0.500. The smallest absolute Gasteiger partial charge is 0.221 e. The lowest BCUT2D eigenvalue weighted by Gasteiger charge is -2.36. The number of hydrogen-bond acceptors (Lipinski definition) is 0. The Labute approximate surface area is 127 Å². The quantitative estimate of drug-likeness (QED) is 0.566. The van der Waals surface area contributed by atoms with Crippen LogP contribution in [0.25, 0.3) is 0 Å². The van der Waals surface area contributed by atoms with Crippen molar-refractivity contribution < 1.29 is 39.5 Å². The number of rotatable bonds is 3. The second kappa shape index (κ2) is 5.61. The molecule has 0 aliphatic carbocycles. The van der Waals surface area contributed by atoms with Gasteiger partial charge in [-0.05, 0) is 18.1 Å². The van der Waals surface area contributed by atoms with Crippen LogP contribution in [-0.2, 0) is 12.1 Å². The lowest BCUT2D eigenvalue weighted by Crippen LogP contribution is -2.59. The van der Waals surface area contributed by atoms with Gasteiger partial charge in [0.1, 0.15) is 0 Å². The van der Waals surface area contributed by atoms with Crippen molar-refractivity contribution >= 4 is 15.9 Å². The maximum absolute atomic E-state index is 14.2. The zero-order valence-electron chi connectivity index (χ0n) is 10.6. The van der Waals surface area contributed by atoms with Crippen LogP contribution >= 0.6 is 15.9 Å². The predicted octanol–water partition coefficient (Wildman–Crippen LogP) is 5.74. The summed E-state index contributed by atoms with van der Waals surface area (Å²) in [5.41, 5.74) is -7.92. The van der Waals surface area contributed by atoms with Crippen molar-refractivity contribution in [3.63, 3.8) is 0 Å². The van der Waals surface area contributed by atoms with Gasteiger partial charge in [0.05, 0.1) is 0 Å². The van der Waals surface area contributed by atoms with E-state index in [9.17, 15) is 39.5 Å². The Kier molecular flexibility index (Phi) is 4.87. The lowest BCUT2D eigenvalue weighted by molar-refractivity contribution is -0.389. The number of benzene rings is 1. The van der Waals surface area contributed by atoms with Crippen LogP contribution in [0.5, 0.6) is 0 Å². The number of aryl methyl sites for hydroxylation is 1. The topological polar surface area (TPSA) is 0 Å². The van der Waals surface area contributed by atoms with E-state index in [1.54, 1.807) is 0 Å². The molecule has 1 atom stereocenters. The molecule has 0 N–H and O–H groups in total. The maximum Gasteiger partial charge on any atom is 0.457 e. The van der Waals surface area contributed by atoms with Crippen molar-refractivity contribution in [2.45, 2.75) is 37.3 Å². The van der Waals surface area contributed by atoms with E-state index in [4.69, 9.17) is 0 Å². The zero-order chi connectivity index (χ0) is 17.6. The largest absolute Gasteiger partial charge is 0.457 e. The summed E-state index contributed by atoms with van der Waals surface area (Å²) in [5, 5.41) is 0. The maximum atomic E-state index is 14.2. The normalized spacial score (nSPS) is 16.5. The first-order chi connectivity index (χ1) is 9.68.